The minimum Gasteiger partial charge on any atom is -0.468 e. The highest BCUT2D eigenvalue weighted by molar-refractivity contribution is 7.99. The molecule has 1 aromatic rings. The number of hydrogen-bond acceptors (Lipinski definition) is 4. The number of primary amides is 1. The van der Waals surface area contributed by atoms with E-state index in [9.17, 15) is 4.79 Å². The highest BCUT2D eigenvalue weighted by Crippen LogP contribution is 2.41. The second-order valence-corrected chi connectivity index (χ2v) is 5.33. The molecule has 1 aliphatic rings. The molecule has 1 saturated carbocycles. The Hall–Kier alpha value is -0.940. The number of amides is 1. The van der Waals surface area contributed by atoms with Crippen LogP contribution in [0, 0.1) is 12.8 Å². The topological polar surface area (TPSA) is 82.2 Å². The monoisotopic (exact) mass is 240 g/mol. The van der Waals surface area contributed by atoms with Gasteiger partial charge >= 0.3 is 0 Å². The van der Waals surface area contributed by atoms with Crippen molar-refractivity contribution in [2.45, 2.75) is 30.2 Å². The lowest BCUT2D eigenvalue weighted by Gasteiger charge is -2.25. The predicted molar refractivity (Wildman–Crippen MR) is 63.0 cm³/mol. The van der Waals surface area contributed by atoms with Crippen LogP contribution in [-0.4, -0.2) is 17.2 Å². The molecule has 0 radical (unpaired) electrons. The first-order valence-corrected chi connectivity index (χ1v) is 6.28. The Balaban J connectivity index is 2.02. The van der Waals surface area contributed by atoms with Gasteiger partial charge in [-0.25, -0.2) is 0 Å². The quantitative estimate of drug-likeness (QED) is 0.759. The lowest BCUT2D eigenvalue weighted by Crippen LogP contribution is -2.56. The Bertz CT molecular complexity index is 400. The van der Waals surface area contributed by atoms with Crippen molar-refractivity contribution in [1.29, 1.82) is 0 Å². The molecule has 2 rings (SSSR count). The van der Waals surface area contributed by atoms with E-state index in [-0.39, 0.29) is 5.92 Å². The minimum atomic E-state index is -0.867. The molecule has 0 spiro atoms. The zero-order valence-electron chi connectivity index (χ0n) is 9.23. The smallest absolute Gasteiger partial charge is 0.238 e. The second kappa shape index (κ2) is 4.14. The molecule has 16 heavy (non-hydrogen) atoms. The largest absolute Gasteiger partial charge is 0.468 e. The summed E-state index contributed by atoms with van der Waals surface area (Å²) in [5.74, 6) is 1.23. The molecule has 5 heteroatoms. The lowest BCUT2D eigenvalue weighted by molar-refractivity contribution is -0.123. The van der Waals surface area contributed by atoms with Gasteiger partial charge in [-0.1, -0.05) is 0 Å². The fourth-order valence-electron chi connectivity index (χ4n) is 1.71. The molecular formula is C11H16N2O2S. The van der Waals surface area contributed by atoms with Crippen LogP contribution in [-0.2, 0) is 4.79 Å². The molecule has 1 amide bonds. The number of rotatable bonds is 5. The minimum absolute atomic E-state index is 0.254. The van der Waals surface area contributed by atoms with Crippen molar-refractivity contribution >= 4 is 17.7 Å². The van der Waals surface area contributed by atoms with Crippen LogP contribution in [0.3, 0.4) is 0 Å². The van der Waals surface area contributed by atoms with Crippen LogP contribution < -0.4 is 11.5 Å². The maximum atomic E-state index is 11.4. The van der Waals surface area contributed by atoms with Crippen LogP contribution in [0.2, 0.25) is 0 Å². The summed E-state index contributed by atoms with van der Waals surface area (Å²) in [5, 5.41) is 0. The van der Waals surface area contributed by atoms with Gasteiger partial charge in [-0.3, -0.25) is 4.79 Å². The highest BCUT2D eigenvalue weighted by Gasteiger charge is 2.46. The summed E-state index contributed by atoms with van der Waals surface area (Å²) in [6, 6.07) is 1.88. The Morgan fingerprint density at radius 3 is 2.81 bits per heavy atom. The molecule has 1 fully saturated rings. The van der Waals surface area contributed by atoms with Gasteiger partial charge in [0.15, 0.2) is 0 Å². The van der Waals surface area contributed by atoms with Crippen molar-refractivity contribution in [3.8, 4) is 0 Å². The van der Waals surface area contributed by atoms with E-state index < -0.39 is 11.4 Å². The molecule has 1 atom stereocenters. The number of aryl methyl sites for hydroxylation is 1. The summed E-state index contributed by atoms with van der Waals surface area (Å²) < 4.78 is 5.19. The zero-order chi connectivity index (χ0) is 11.8. The van der Waals surface area contributed by atoms with Gasteiger partial charge in [0.05, 0.1) is 6.26 Å². The maximum Gasteiger partial charge on any atom is 0.238 e. The molecule has 4 nitrogen and oxygen atoms in total. The molecule has 1 unspecified atom stereocenters. The van der Waals surface area contributed by atoms with Gasteiger partial charge in [0.1, 0.15) is 11.3 Å². The van der Waals surface area contributed by atoms with Gasteiger partial charge in [0.25, 0.3) is 0 Å². The number of nitrogens with two attached hydrogens (primary N) is 2. The Kier molecular flexibility index (Phi) is 2.99. The SMILES string of the molecule is Cc1occc1SCC(N)(C(N)=O)C1CC1. The Morgan fingerprint density at radius 1 is 1.69 bits per heavy atom. The average molecular weight is 240 g/mol. The molecule has 1 aliphatic carbocycles. The van der Waals surface area contributed by atoms with Crippen LogP contribution in [0.1, 0.15) is 18.6 Å². The van der Waals surface area contributed by atoms with Crippen LogP contribution in [0.15, 0.2) is 21.6 Å². The first-order valence-electron chi connectivity index (χ1n) is 5.29. The molecule has 0 bridgehead atoms. The van der Waals surface area contributed by atoms with Crippen LogP contribution >= 0.6 is 11.8 Å². The number of hydrogen-bond donors (Lipinski definition) is 2. The molecule has 0 aliphatic heterocycles. The summed E-state index contributed by atoms with van der Waals surface area (Å²) >= 11 is 1.54. The van der Waals surface area contributed by atoms with E-state index in [0.29, 0.717) is 5.75 Å². The third-order valence-electron chi connectivity index (χ3n) is 3.04. The number of carbonyl (C=O) groups is 1. The summed E-state index contributed by atoms with van der Waals surface area (Å²) in [7, 11) is 0. The van der Waals surface area contributed by atoms with Crippen LogP contribution in [0.5, 0.6) is 0 Å². The molecule has 0 aromatic carbocycles. The lowest BCUT2D eigenvalue weighted by atomic mass is 9.96. The van der Waals surface area contributed by atoms with Gasteiger partial charge in [0, 0.05) is 10.6 Å². The van der Waals surface area contributed by atoms with Crippen molar-refractivity contribution in [2.24, 2.45) is 17.4 Å². The van der Waals surface area contributed by atoms with E-state index in [1.54, 1.807) is 6.26 Å². The van der Waals surface area contributed by atoms with E-state index in [1.807, 2.05) is 13.0 Å². The van der Waals surface area contributed by atoms with Crippen molar-refractivity contribution < 1.29 is 9.21 Å². The molecular weight excluding hydrogens is 224 g/mol. The van der Waals surface area contributed by atoms with Gasteiger partial charge in [-0.2, -0.15) is 0 Å². The van der Waals surface area contributed by atoms with Gasteiger partial charge < -0.3 is 15.9 Å². The van der Waals surface area contributed by atoms with E-state index in [0.717, 1.165) is 23.5 Å². The van der Waals surface area contributed by atoms with Gasteiger partial charge in [0.2, 0.25) is 5.91 Å². The Morgan fingerprint density at radius 2 is 2.38 bits per heavy atom. The Labute approximate surface area is 98.7 Å². The van der Waals surface area contributed by atoms with Gasteiger partial charge in [-0.05, 0) is 31.7 Å². The molecule has 88 valence electrons. The first-order chi connectivity index (χ1) is 7.54. The van der Waals surface area contributed by atoms with E-state index in [1.165, 1.54) is 11.8 Å². The van der Waals surface area contributed by atoms with Gasteiger partial charge in [-0.15, -0.1) is 11.8 Å². The normalized spacial score (nSPS) is 19.4. The van der Waals surface area contributed by atoms with Crippen LogP contribution in [0.4, 0.5) is 0 Å². The molecule has 0 saturated heterocycles. The molecule has 1 heterocycles. The summed E-state index contributed by atoms with van der Waals surface area (Å²) in [6.45, 7) is 1.89. The zero-order valence-corrected chi connectivity index (χ0v) is 10.0. The van der Waals surface area contributed by atoms with E-state index in [4.69, 9.17) is 15.9 Å². The van der Waals surface area contributed by atoms with Crippen molar-refractivity contribution in [1.82, 2.24) is 0 Å². The summed E-state index contributed by atoms with van der Waals surface area (Å²) in [4.78, 5) is 12.4. The van der Waals surface area contributed by atoms with Crippen molar-refractivity contribution in [2.75, 3.05) is 5.75 Å². The number of thioether (sulfide) groups is 1. The number of carbonyl (C=O) groups excluding carboxylic acids is 1. The van der Waals surface area contributed by atoms with Crippen LogP contribution in [0.25, 0.3) is 0 Å². The summed E-state index contributed by atoms with van der Waals surface area (Å²) in [6.07, 6.45) is 3.64. The van der Waals surface area contributed by atoms with Crippen molar-refractivity contribution in [3.05, 3.63) is 18.1 Å². The number of furan rings is 1. The van der Waals surface area contributed by atoms with E-state index >= 15 is 0 Å². The second-order valence-electron chi connectivity index (χ2n) is 4.31. The fraction of sp³-hybridized carbons (Fsp3) is 0.545. The first kappa shape index (κ1) is 11.5. The predicted octanol–water partition coefficient (Wildman–Crippen LogP) is 1.27. The standard InChI is InChI=1S/C11H16N2O2S/c1-7-9(4-5-15-7)16-6-11(13,10(12)14)8-2-3-8/h4-5,8H,2-3,6,13H2,1H3,(H2,12,14). The fourth-order valence-corrected chi connectivity index (χ4v) is 2.88. The van der Waals surface area contributed by atoms with Crippen molar-refractivity contribution in [3.63, 3.8) is 0 Å². The van der Waals surface area contributed by atoms with E-state index in [2.05, 4.69) is 0 Å². The third kappa shape index (κ3) is 2.10. The third-order valence-corrected chi connectivity index (χ3v) is 4.40. The molecule has 4 N–H and O–H groups in total. The highest BCUT2D eigenvalue weighted by atomic mass is 32.2. The summed E-state index contributed by atoms with van der Waals surface area (Å²) in [5.41, 5.74) is 10.6. The molecule has 1 aromatic heterocycles. The average Bonchev–Trinajstić information content (AvgIpc) is 3.00. The maximum absolute atomic E-state index is 11.4.